The minimum atomic E-state index is -0.404. The van der Waals surface area contributed by atoms with Gasteiger partial charge in [-0.15, -0.1) is 0 Å². The van der Waals surface area contributed by atoms with Gasteiger partial charge in [0.1, 0.15) is 0 Å². The molecule has 0 heterocycles. The van der Waals surface area contributed by atoms with Crippen molar-refractivity contribution in [3.05, 3.63) is 24.3 Å². The average Bonchev–Trinajstić information content (AvgIpc) is 2.97. The standard InChI is InChI=1S/C34H66O7/c1-7-37-33(38-8-2)29-25-21-17-13-11-15-19-23-27-31(35-5)41-32(36-6)28-24-20-16-12-14-18-22-26-30-34(39-9-3)40-10-4/h23-24,27-28,31-34H,7-22,25-26,29-30H2,1-6H3. The first-order valence-electron chi connectivity index (χ1n) is 16.7. The van der Waals surface area contributed by atoms with Crippen molar-refractivity contribution < 1.29 is 33.2 Å². The summed E-state index contributed by atoms with van der Waals surface area (Å²) < 4.78 is 39.3. The second-order valence-electron chi connectivity index (χ2n) is 10.3. The minimum absolute atomic E-state index is 0.0312. The minimum Gasteiger partial charge on any atom is -0.353 e. The van der Waals surface area contributed by atoms with Crippen LogP contribution in [0.5, 0.6) is 0 Å². The molecule has 2 atom stereocenters. The largest absolute Gasteiger partial charge is 0.353 e. The molecule has 41 heavy (non-hydrogen) atoms. The molecule has 7 heteroatoms. The van der Waals surface area contributed by atoms with Crippen LogP contribution in [0.3, 0.4) is 0 Å². The summed E-state index contributed by atoms with van der Waals surface area (Å²) in [5, 5.41) is 0. The van der Waals surface area contributed by atoms with Crippen LogP contribution in [0.2, 0.25) is 0 Å². The van der Waals surface area contributed by atoms with Crippen LogP contribution in [0.1, 0.15) is 130 Å². The van der Waals surface area contributed by atoms with Gasteiger partial charge in [-0.1, -0.05) is 63.5 Å². The molecule has 0 aromatic heterocycles. The van der Waals surface area contributed by atoms with Crippen molar-refractivity contribution in [2.45, 2.75) is 156 Å². The summed E-state index contributed by atoms with van der Waals surface area (Å²) in [5.41, 5.74) is 0. The second-order valence-corrected chi connectivity index (χ2v) is 10.3. The number of ether oxygens (including phenoxy) is 7. The molecule has 0 aliphatic rings. The number of hydrogen-bond acceptors (Lipinski definition) is 7. The zero-order valence-electron chi connectivity index (χ0n) is 27.6. The van der Waals surface area contributed by atoms with E-state index in [0.717, 1.165) is 25.7 Å². The van der Waals surface area contributed by atoms with Crippen molar-refractivity contribution in [2.24, 2.45) is 0 Å². The van der Waals surface area contributed by atoms with Gasteiger partial charge in [0.15, 0.2) is 25.2 Å². The lowest BCUT2D eigenvalue weighted by Gasteiger charge is -2.18. The fraction of sp³-hybridized carbons (Fsp3) is 0.882. The van der Waals surface area contributed by atoms with Crippen molar-refractivity contribution in [3.63, 3.8) is 0 Å². The maximum Gasteiger partial charge on any atom is 0.179 e. The zero-order valence-corrected chi connectivity index (χ0v) is 27.6. The first kappa shape index (κ1) is 40.2. The molecule has 244 valence electrons. The third kappa shape index (κ3) is 26.6. The summed E-state index contributed by atoms with van der Waals surface area (Å²) in [5.74, 6) is 0. The van der Waals surface area contributed by atoms with E-state index in [4.69, 9.17) is 33.2 Å². The van der Waals surface area contributed by atoms with Crippen molar-refractivity contribution in [3.8, 4) is 0 Å². The van der Waals surface area contributed by atoms with E-state index in [1.54, 1.807) is 14.2 Å². The molecule has 0 radical (unpaired) electrons. The quantitative estimate of drug-likeness (QED) is 0.0442. The van der Waals surface area contributed by atoms with E-state index in [1.807, 2.05) is 39.8 Å². The molecule has 0 bridgehead atoms. The van der Waals surface area contributed by atoms with Gasteiger partial charge in [0, 0.05) is 40.6 Å². The van der Waals surface area contributed by atoms with Gasteiger partial charge in [0.05, 0.1) is 0 Å². The number of methoxy groups -OCH3 is 2. The normalized spacial score (nSPS) is 13.9. The number of unbranched alkanes of at least 4 members (excludes halogenated alkanes) is 12. The summed E-state index contributed by atoms with van der Waals surface area (Å²) in [7, 11) is 3.34. The summed E-state index contributed by atoms with van der Waals surface area (Å²) >= 11 is 0. The molecule has 0 fully saturated rings. The van der Waals surface area contributed by atoms with Gasteiger partial charge in [-0.05, 0) is 91.2 Å². The highest BCUT2D eigenvalue weighted by Crippen LogP contribution is 2.14. The first-order valence-corrected chi connectivity index (χ1v) is 16.7. The van der Waals surface area contributed by atoms with Crippen LogP contribution in [0, 0.1) is 0 Å². The van der Waals surface area contributed by atoms with E-state index in [2.05, 4.69) is 12.2 Å². The SMILES string of the molecule is CCOC(CCCCCCCCC=CC(OC)OC(C=CCCCCCCCCC(OCC)OCC)OC)OCC. The van der Waals surface area contributed by atoms with Crippen molar-refractivity contribution in [2.75, 3.05) is 40.6 Å². The third-order valence-electron chi connectivity index (χ3n) is 6.85. The monoisotopic (exact) mass is 586 g/mol. The Bertz CT molecular complexity index is 509. The van der Waals surface area contributed by atoms with Gasteiger partial charge in [-0.2, -0.15) is 0 Å². The third-order valence-corrected chi connectivity index (χ3v) is 6.85. The molecule has 0 aromatic carbocycles. The van der Waals surface area contributed by atoms with Crippen molar-refractivity contribution in [1.82, 2.24) is 0 Å². The maximum absolute atomic E-state index is 5.94. The Morgan fingerprint density at radius 1 is 0.439 bits per heavy atom. The molecule has 0 aliphatic carbocycles. The Hall–Kier alpha value is -0.800. The summed E-state index contributed by atoms with van der Waals surface area (Å²) in [6, 6.07) is 0. The highest BCUT2D eigenvalue weighted by atomic mass is 16.8. The highest BCUT2D eigenvalue weighted by molar-refractivity contribution is 4.89. The number of rotatable bonds is 32. The van der Waals surface area contributed by atoms with E-state index >= 15 is 0 Å². The van der Waals surface area contributed by atoms with Crippen LogP contribution in [-0.2, 0) is 33.2 Å². The molecule has 2 unspecified atom stereocenters. The lowest BCUT2D eigenvalue weighted by atomic mass is 10.1. The van der Waals surface area contributed by atoms with Crippen LogP contribution >= 0.6 is 0 Å². The molecule has 0 rings (SSSR count). The molecule has 0 aliphatic heterocycles. The Morgan fingerprint density at radius 3 is 1.07 bits per heavy atom. The van der Waals surface area contributed by atoms with Gasteiger partial charge in [-0.25, -0.2) is 0 Å². The molecule has 0 amide bonds. The van der Waals surface area contributed by atoms with Crippen LogP contribution in [0.15, 0.2) is 24.3 Å². The summed E-state index contributed by atoms with van der Waals surface area (Å²) in [6.07, 6.45) is 26.2. The van der Waals surface area contributed by atoms with E-state index < -0.39 is 12.6 Å². The molecule has 0 saturated heterocycles. The molecular formula is C34H66O7. The van der Waals surface area contributed by atoms with Crippen LogP contribution in [0.25, 0.3) is 0 Å². The predicted molar refractivity (Wildman–Crippen MR) is 169 cm³/mol. The summed E-state index contributed by atoms with van der Waals surface area (Å²) in [4.78, 5) is 0. The second kappa shape index (κ2) is 32.1. The lowest BCUT2D eigenvalue weighted by molar-refractivity contribution is -0.188. The Morgan fingerprint density at radius 2 is 0.756 bits per heavy atom. The fourth-order valence-electron chi connectivity index (χ4n) is 4.64. The lowest BCUT2D eigenvalue weighted by Crippen LogP contribution is -2.22. The number of hydrogen-bond donors (Lipinski definition) is 0. The molecule has 0 spiro atoms. The smallest absolute Gasteiger partial charge is 0.179 e. The predicted octanol–water partition coefficient (Wildman–Crippen LogP) is 9.10. The molecule has 0 N–H and O–H groups in total. The van der Waals surface area contributed by atoms with Gasteiger partial charge in [0.2, 0.25) is 0 Å². The Labute approximate surface area is 253 Å². The average molecular weight is 587 g/mol. The van der Waals surface area contributed by atoms with Gasteiger partial charge in [0.25, 0.3) is 0 Å². The van der Waals surface area contributed by atoms with E-state index in [1.165, 1.54) is 77.0 Å². The molecule has 0 aromatic rings. The maximum atomic E-state index is 5.94. The van der Waals surface area contributed by atoms with Crippen molar-refractivity contribution >= 4 is 0 Å². The topological polar surface area (TPSA) is 64.6 Å². The van der Waals surface area contributed by atoms with Crippen LogP contribution < -0.4 is 0 Å². The number of allylic oxidation sites excluding steroid dienone is 2. The summed E-state index contributed by atoms with van der Waals surface area (Å²) in [6.45, 7) is 10.9. The molecule has 7 nitrogen and oxygen atoms in total. The Balaban J connectivity index is 3.88. The van der Waals surface area contributed by atoms with Gasteiger partial charge >= 0.3 is 0 Å². The first-order chi connectivity index (χ1) is 20.1. The zero-order chi connectivity index (χ0) is 30.2. The fourth-order valence-corrected chi connectivity index (χ4v) is 4.64. The van der Waals surface area contributed by atoms with Crippen LogP contribution in [0.4, 0.5) is 0 Å². The Kier molecular flexibility index (Phi) is 31.5. The van der Waals surface area contributed by atoms with E-state index in [9.17, 15) is 0 Å². The van der Waals surface area contributed by atoms with Gasteiger partial charge in [-0.3, -0.25) is 0 Å². The van der Waals surface area contributed by atoms with E-state index in [0.29, 0.717) is 26.4 Å². The molecular weight excluding hydrogens is 520 g/mol. The van der Waals surface area contributed by atoms with E-state index in [-0.39, 0.29) is 12.6 Å². The van der Waals surface area contributed by atoms with Crippen molar-refractivity contribution in [1.29, 1.82) is 0 Å². The van der Waals surface area contributed by atoms with Crippen LogP contribution in [-0.4, -0.2) is 65.8 Å². The molecule has 0 saturated carbocycles. The van der Waals surface area contributed by atoms with Gasteiger partial charge < -0.3 is 33.2 Å². The highest BCUT2D eigenvalue weighted by Gasteiger charge is 2.11.